The Labute approximate surface area is 59.6 Å². The van der Waals surface area contributed by atoms with Gasteiger partial charge in [0, 0.05) is 0 Å². The first-order valence-electron chi connectivity index (χ1n) is 2.25. The topological polar surface area (TPSA) is 0 Å². The standard InChI is InChI=1S/C6H9ClS/c1-4-5(2)6(7)8-3/h4H,1H2,2-3H3/b6-5-. The monoisotopic (exact) mass is 148 g/mol. The zero-order valence-electron chi connectivity index (χ0n) is 5.07. The summed E-state index contributed by atoms with van der Waals surface area (Å²) in [7, 11) is 0. The van der Waals surface area contributed by atoms with Gasteiger partial charge >= 0.3 is 0 Å². The molecule has 2 heteroatoms. The minimum absolute atomic E-state index is 0.819. The van der Waals surface area contributed by atoms with Crippen LogP contribution in [0, 0.1) is 0 Å². The first-order chi connectivity index (χ1) is 3.72. The van der Waals surface area contributed by atoms with Crippen LogP contribution in [0.15, 0.2) is 22.6 Å². The summed E-state index contributed by atoms with van der Waals surface area (Å²) in [6.45, 7) is 5.51. The SMILES string of the molecule is C=C/C(C)=C(/Cl)SC. The first-order valence-corrected chi connectivity index (χ1v) is 3.85. The van der Waals surface area contributed by atoms with Crippen molar-refractivity contribution in [1.82, 2.24) is 0 Å². The average Bonchev–Trinajstić information content (AvgIpc) is 1.84. The summed E-state index contributed by atoms with van der Waals surface area (Å²) in [5.41, 5.74) is 1.04. The number of halogens is 1. The van der Waals surface area contributed by atoms with Crippen LogP contribution in [0.2, 0.25) is 0 Å². The van der Waals surface area contributed by atoms with Crippen LogP contribution in [0.25, 0.3) is 0 Å². The van der Waals surface area contributed by atoms with Crippen LogP contribution in [0.4, 0.5) is 0 Å². The van der Waals surface area contributed by atoms with E-state index < -0.39 is 0 Å². The Morgan fingerprint density at radius 3 is 2.38 bits per heavy atom. The number of rotatable bonds is 2. The van der Waals surface area contributed by atoms with Gasteiger partial charge in [0.25, 0.3) is 0 Å². The van der Waals surface area contributed by atoms with E-state index >= 15 is 0 Å². The Balaban J connectivity index is 4.03. The molecule has 0 N–H and O–H groups in total. The van der Waals surface area contributed by atoms with Gasteiger partial charge in [-0.3, -0.25) is 0 Å². The van der Waals surface area contributed by atoms with Gasteiger partial charge < -0.3 is 0 Å². The summed E-state index contributed by atoms with van der Waals surface area (Å²) in [5.74, 6) is 0. The fourth-order valence-electron chi connectivity index (χ4n) is 0.241. The van der Waals surface area contributed by atoms with Gasteiger partial charge in [-0.25, -0.2) is 0 Å². The van der Waals surface area contributed by atoms with E-state index in [2.05, 4.69) is 6.58 Å². The molecular formula is C6H9ClS. The minimum Gasteiger partial charge on any atom is -0.117 e. The van der Waals surface area contributed by atoms with E-state index in [-0.39, 0.29) is 0 Å². The van der Waals surface area contributed by atoms with Crippen LogP contribution in [-0.4, -0.2) is 6.26 Å². The molecule has 0 aromatic heterocycles. The Morgan fingerprint density at radius 2 is 2.25 bits per heavy atom. The lowest BCUT2D eigenvalue weighted by Crippen LogP contribution is -1.67. The van der Waals surface area contributed by atoms with Crippen LogP contribution in [0.1, 0.15) is 6.92 Å². The maximum atomic E-state index is 5.69. The molecule has 0 nitrogen and oxygen atoms in total. The number of hydrogen-bond acceptors (Lipinski definition) is 1. The molecule has 0 heterocycles. The quantitative estimate of drug-likeness (QED) is 0.543. The molecule has 0 saturated carbocycles. The van der Waals surface area contributed by atoms with Crippen molar-refractivity contribution in [2.24, 2.45) is 0 Å². The number of thioether (sulfide) groups is 1. The molecular weight excluding hydrogens is 140 g/mol. The maximum Gasteiger partial charge on any atom is 0.0761 e. The normalized spacial score (nSPS) is 12.9. The van der Waals surface area contributed by atoms with Crippen molar-refractivity contribution in [3.8, 4) is 0 Å². The number of allylic oxidation sites excluding steroid dienone is 2. The fourth-order valence-corrected chi connectivity index (χ4v) is 0.724. The summed E-state index contributed by atoms with van der Waals surface area (Å²) >= 11 is 7.22. The van der Waals surface area contributed by atoms with Crippen molar-refractivity contribution in [2.45, 2.75) is 6.92 Å². The molecule has 0 aliphatic rings. The Morgan fingerprint density at radius 1 is 1.75 bits per heavy atom. The second-order valence-electron chi connectivity index (χ2n) is 1.36. The van der Waals surface area contributed by atoms with E-state index in [4.69, 9.17) is 11.6 Å². The molecule has 8 heavy (non-hydrogen) atoms. The van der Waals surface area contributed by atoms with Crippen LogP contribution in [-0.2, 0) is 0 Å². The van der Waals surface area contributed by atoms with Gasteiger partial charge in [-0.15, -0.1) is 11.8 Å². The molecule has 0 aliphatic carbocycles. The van der Waals surface area contributed by atoms with Crippen LogP contribution < -0.4 is 0 Å². The molecule has 0 amide bonds. The zero-order chi connectivity index (χ0) is 6.57. The smallest absolute Gasteiger partial charge is 0.0761 e. The van der Waals surface area contributed by atoms with Crippen LogP contribution in [0.3, 0.4) is 0 Å². The lowest BCUT2D eigenvalue weighted by atomic mass is 10.4. The lowest BCUT2D eigenvalue weighted by molar-refractivity contribution is 1.55. The lowest BCUT2D eigenvalue weighted by Gasteiger charge is -1.92. The van der Waals surface area contributed by atoms with Gasteiger partial charge in [-0.05, 0) is 18.8 Å². The highest BCUT2D eigenvalue weighted by molar-refractivity contribution is 8.03. The molecule has 0 radical (unpaired) electrons. The Hall–Kier alpha value is 0.120. The Kier molecular flexibility index (Phi) is 4.11. The summed E-state index contributed by atoms with van der Waals surface area (Å²) in [5, 5.41) is 0. The Bertz CT molecular complexity index is 116. The van der Waals surface area contributed by atoms with Crippen molar-refractivity contribution >= 4 is 23.4 Å². The summed E-state index contributed by atoms with van der Waals surface area (Å²) in [4.78, 5) is 0. The molecule has 0 fully saturated rings. The van der Waals surface area contributed by atoms with E-state index in [1.54, 1.807) is 6.08 Å². The molecule has 0 saturated heterocycles. The van der Waals surface area contributed by atoms with Gasteiger partial charge in [0.2, 0.25) is 0 Å². The maximum absolute atomic E-state index is 5.69. The van der Waals surface area contributed by atoms with Gasteiger partial charge in [-0.2, -0.15) is 0 Å². The summed E-state index contributed by atoms with van der Waals surface area (Å²) in [6, 6.07) is 0. The fraction of sp³-hybridized carbons (Fsp3) is 0.333. The number of hydrogen-bond donors (Lipinski definition) is 0. The van der Waals surface area contributed by atoms with Gasteiger partial charge in [0.15, 0.2) is 0 Å². The molecule has 0 rings (SSSR count). The van der Waals surface area contributed by atoms with Crippen molar-refractivity contribution < 1.29 is 0 Å². The molecule has 0 aliphatic heterocycles. The first kappa shape index (κ1) is 8.12. The zero-order valence-corrected chi connectivity index (χ0v) is 6.64. The van der Waals surface area contributed by atoms with E-state index in [9.17, 15) is 0 Å². The van der Waals surface area contributed by atoms with Gasteiger partial charge in [-0.1, -0.05) is 24.3 Å². The highest BCUT2D eigenvalue weighted by Crippen LogP contribution is 2.20. The van der Waals surface area contributed by atoms with Crippen molar-refractivity contribution in [1.29, 1.82) is 0 Å². The summed E-state index contributed by atoms with van der Waals surface area (Å²) in [6.07, 6.45) is 3.69. The van der Waals surface area contributed by atoms with Gasteiger partial charge in [0.05, 0.1) is 4.36 Å². The third kappa shape index (κ3) is 2.43. The molecule has 0 aromatic rings. The molecule has 0 spiro atoms. The third-order valence-corrected chi connectivity index (χ3v) is 2.24. The highest BCUT2D eigenvalue weighted by atomic mass is 35.5. The third-order valence-electron chi connectivity index (χ3n) is 0.795. The molecule has 0 atom stereocenters. The van der Waals surface area contributed by atoms with E-state index in [1.807, 2.05) is 13.2 Å². The largest absolute Gasteiger partial charge is 0.117 e. The van der Waals surface area contributed by atoms with Crippen molar-refractivity contribution in [2.75, 3.05) is 6.26 Å². The molecule has 46 valence electrons. The van der Waals surface area contributed by atoms with Crippen LogP contribution >= 0.6 is 23.4 Å². The van der Waals surface area contributed by atoms with Gasteiger partial charge in [0.1, 0.15) is 0 Å². The highest BCUT2D eigenvalue weighted by Gasteiger charge is 1.89. The van der Waals surface area contributed by atoms with Crippen molar-refractivity contribution in [3.05, 3.63) is 22.6 Å². The van der Waals surface area contributed by atoms with Crippen LogP contribution in [0.5, 0.6) is 0 Å². The van der Waals surface area contributed by atoms with E-state index in [0.717, 1.165) is 9.94 Å². The van der Waals surface area contributed by atoms with E-state index in [0.29, 0.717) is 0 Å². The minimum atomic E-state index is 0.819. The predicted molar refractivity (Wildman–Crippen MR) is 42.3 cm³/mol. The average molecular weight is 149 g/mol. The molecule has 0 unspecified atom stereocenters. The van der Waals surface area contributed by atoms with Crippen molar-refractivity contribution in [3.63, 3.8) is 0 Å². The second-order valence-corrected chi connectivity index (χ2v) is 2.78. The molecule has 0 bridgehead atoms. The predicted octanol–water partition coefficient (Wildman–Crippen LogP) is 3.01. The summed E-state index contributed by atoms with van der Waals surface area (Å²) < 4.78 is 0.819. The molecule has 0 aromatic carbocycles. The second kappa shape index (κ2) is 4.04. The van der Waals surface area contributed by atoms with E-state index in [1.165, 1.54) is 11.8 Å².